The van der Waals surface area contributed by atoms with E-state index in [0.29, 0.717) is 0 Å². The molecule has 0 aliphatic carbocycles. The fraction of sp³-hybridized carbons (Fsp3) is 0.500. The zero-order valence-corrected chi connectivity index (χ0v) is 11.5. The average molecular weight is 269 g/mol. The van der Waals surface area contributed by atoms with Crippen LogP contribution in [0.15, 0.2) is 24.3 Å². The maximum atomic E-state index is 12.8. The smallest absolute Gasteiger partial charge is 0.410 e. The van der Waals surface area contributed by atoms with Crippen molar-refractivity contribution in [3.63, 3.8) is 0 Å². The summed E-state index contributed by atoms with van der Waals surface area (Å²) in [4.78, 5) is 13.3. The normalized spacial score (nSPS) is 11.2. The fourth-order valence-electron chi connectivity index (χ4n) is 1.49. The summed E-state index contributed by atoms with van der Waals surface area (Å²) in [6.07, 6.45) is -0.495. The van der Waals surface area contributed by atoms with E-state index in [-0.39, 0.29) is 25.5 Å². The third-order valence-electron chi connectivity index (χ3n) is 2.31. The highest BCUT2D eigenvalue weighted by Crippen LogP contribution is 2.13. The van der Waals surface area contributed by atoms with Crippen LogP contribution < -0.4 is 0 Å². The van der Waals surface area contributed by atoms with Crippen molar-refractivity contribution in [2.45, 2.75) is 32.9 Å². The van der Waals surface area contributed by atoms with E-state index in [4.69, 9.17) is 9.84 Å². The summed E-state index contributed by atoms with van der Waals surface area (Å²) in [5.74, 6) is -0.324. The Hall–Kier alpha value is -1.62. The van der Waals surface area contributed by atoms with Crippen molar-refractivity contribution in [3.8, 4) is 0 Å². The van der Waals surface area contributed by atoms with E-state index < -0.39 is 11.7 Å². The summed E-state index contributed by atoms with van der Waals surface area (Å²) in [6, 6.07) is 5.87. The molecule has 0 saturated carbocycles. The van der Waals surface area contributed by atoms with Crippen molar-refractivity contribution in [2.24, 2.45) is 0 Å². The summed E-state index contributed by atoms with van der Waals surface area (Å²) in [7, 11) is 0. The quantitative estimate of drug-likeness (QED) is 0.914. The standard InChI is InChI=1S/C14H20FNO3/c1-14(2,3)19-13(18)16(8-9-17)10-11-4-6-12(15)7-5-11/h4-7,17H,8-10H2,1-3H3. The van der Waals surface area contributed by atoms with E-state index in [1.54, 1.807) is 32.9 Å². The zero-order valence-electron chi connectivity index (χ0n) is 11.5. The molecule has 106 valence electrons. The van der Waals surface area contributed by atoms with Gasteiger partial charge in [-0.25, -0.2) is 9.18 Å². The van der Waals surface area contributed by atoms with Gasteiger partial charge in [0, 0.05) is 13.1 Å². The van der Waals surface area contributed by atoms with Gasteiger partial charge in [0.25, 0.3) is 0 Å². The number of carbonyl (C=O) groups is 1. The molecule has 0 heterocycles. The van der Waals surface area contributed by atoms with Crippen LogP contribution in [-0.4, -0.2) is 34.9 Å². The van der Waals surface area contributed by atoms with Gasteiger partial charge in [-0.15, -0.1) is 0 Å². The SMILES string of the molecule is CC(C)(C)OC(=O)N(CCO)Cc1ccc(F)cc1. The van der Waals surface area contributed by atoms with Crippen molar-refractivity contribution in [1.82, 2.24) is 4.90 Å². The number of carbonyl (C=O) groups excluding carboxylic acids is 1. The lowest BCUT2D eigenvalue weighted by Gasteiger charge is -2.27. The summed E-state index contributed by atoms with van der Waals surface area (Å²) in [5, 5.41) is 9.00. The van der Waals surface area contributed by atoms with Crippen molar-refractivity contribution < 1.29 is 19.0 Å². The number of ether oxygens (including phenoxy) is 1. The predicted octanol–water partition coefficient (Wildman–Crippen LogP) is 2.56. The molecule has 1 amide bonds. The number of halogens is 1. The molecule has 1 aromatic rings. The number of rotatable bonds is 4. The van der Waals surface area contributed by atoms with Crippen LogP contribution in [0.2, 0.25) is 0 Å². The van der Waals surface area contributed by atoms with Gasteiger partial charge in [0.15, 0.2) is 0 Å². The van der Waals surface area contributed by atoms with Crippen molar-refractivity contribution in [2.75, 3.05) is 13.2 Å². The number of amides is 1. The second kappa shape index (κ2) is 6.52. The van der Waals surface area contributed by atoms with Crippen LogP contribution >= 0.6 is 0 Å². The highest BCUT2D eigenvalue weighted by molar-refractivity contribution is 5.68. The van der Waals surface area contributed by atoms with E-state index in [0.717, 1.165) is 5.56 Å². The van der Waals surface area contributed by atoms with Gasteiger partial charge in [-0.05, 0) is 38.5 Å². The Labute approximate surface area is 112 Å². The molecule has 1 N–H and O–H groups in total. The zero-order chi connectivity index (χ0) is 14.5. The van der Waals surface area contributed by atoms with Gasteiger partial charge in [-0.1, -0.05) is 12.1 Å². The lowest BCUT2D eigenvalue weighted by Crippen LogP contribution is -2.38. The molecule has 1 rings (SSSR count). The maximum Gasteiger partial charge on any atom is 0.410 e. The molecule has 0 aromatic heterocycles. The first kappa shape index (κ1) is 15.4. The highest BCUT2D eigenvalue weighted by Gasteiger charge is 2.21. The monoisotopic (exact) mass is 269 g/mol. The van der Waals surface area contributed by atoms with Crippen molar-refractivity contribution >= 4 is 6.09 Å². The van der Waals surface area contributed by atoms with Crippen LogP contribution in [0, 0.1) is 5.82 Å². The molecule has 0 aliphatic heterocycles. The van der Waals surface area contributed by atoms with Gasteiger partial charge >= 0.3 is 6.09 Å². The lowest BCUT2D eigenvalue weighted by atomic mass is 10.2. The van der Waals surface area contributed by atoms with Crippen molar-refractivity contribution in [3.05, 3.63) is 35.6 Å². The molecule has 0 atom stereocenters. The van der Waals surface area contributed by atoms with Crippen LogP contribution in [0.5, 0.6) is 0 Å². The molecule has 4 nitrogen and oxygen atoms in total. The van der Waals surface area contributed by atoms with E-state index in [1.807, 2.05) is 0 Å². The van der Waals surface area contributed by atoms with Crippen LogP contribution in [0.4, 0.5) is 9.18 Å². The van der Waals surface area contributed by atoms with E-state index >= 15 is 0 Å². The molecule has 19 heavy (non-hydrogen) atoms. The minimum Gasteiger partial charge on any atom is -0.444 e. The van der Waals surface area contributed by atoms with Crippen LogP contribution in [0.25, 0.3) is 0 Å². The van der Waals surface area contributed by atoms with E-state index in [1.165, 1.54) is 17.0 Å². The van der Waals surface area contributed by atoms with Gasteiger partial charge in [0.1, 0.15) is 11.4 Å². The van der Waals surface area contributed by atoms with Gasteiger partial charge in [0.2, 0.25) is 0 Å². The second-order valence-corrected chi connectivity index (χ2v) is 5.25. The molecular weight excluding hydrogens is 249 g/mol. The maximum absolute atomic E-state index is 12.8. The fourth-order valence-corrected chi connectivity index (χ4v) is 1.49. The first-order valence-corrected chi connectivity index (χ1v) is 6.15. The predicted molar refractivity (Wildman–Crippen MR) is 70.1 cm³/mol. The van der Waals surface area contributed by atoms with E-state index in [9.17, 15) is 9.18 Å². The third kappa shape index (κ3) is 5.70. The molecule has 1 aromatic carbocycles. The summed E-state index contributed by atoms with van der Waals surface area (Å²) < 4.78 is 18.1. The number of hydrogen-bond donors (Lipinski definition) is 1. The summed E-state index contributed by atoms with van der Waals surface area (Å²) >= 11 is 0. The Bertz CT molecular complexity index is 412. The third-order valence-corrected chi connectivity index (χ3v) is 2.31. The molecule has 5 heteroatoms. The average Bonchev–Trinajstić information content (AvgIpc) is 2.29. The van der Waals surface area contributed by atoms with Gasteiger partial charge < -0.3 is 14.7 Å². The minimum absolute atomic E-state index is 0.152. The van der Waals surface area contributed by atoms with Gasteiger partial charge in [-0.3, -0.25) is 0 Å². The van der Waals surface area contributed by atoms with Gasteiger partial charge in [0.05, 0.1) is 6.61 Å². The van der Waals surface area contributed by atoms with Crippen LogP contribution in [-0.2, 0) is 11.3 Å². The number of nitrogens with zero attached hydrogens (tertiary/aromatic N) is 1. The topological polar surface area (TPSA) is 49.8 Å². The summed E-state index contributed by atoms with van der Waals surface area (Å²) in [6.45, 7) is 5.63. The number of aliphatic hydroxyl groups excluding tert-OH is 1. The number of hydrogen-bond acceptors (Lipinski definition) is 3. The Balaban J connectivity index is 2.72. The number of benzene rings is 1. The molecule has 0 radical (unpaired) electrons. The van der Waals surface area contributed by atoms with Crippen molar-refractivity contribution in [1.29, 1.82) is 0 Å². The Morgan fingerprint density at radius 1 is 1.32 bits per heavy atom. The molecule has 0 saturated heterocycles. The Morgan fingerprint density at radius 2 is 1.89 bits per heavy atom. The highest BCUT2D eigenvalue weighted by atomic mass is 19.1. The first-order valence-electron chi connectivity index (χ1n) is 6.15. The molecule has 0 aliphatic rings. The molecule has 0 fully saturated rings. The Morgan fingerprint density at radius 3 is 2.37 bits per heavy atom. The van der Waals surface area contributed by atoms with Crippen LogP contribution in [0.1, 0.15) is 26.3 Å². The molecular formula is C14H20FNO3. The van der Waals surface area contributed by atoms with Gasteiger partial charge in [-0.2, -0.15) is 0 Å². The number of aliphatic hydroxyl groups is 1. The second-order valence-electron chi connectivity index (χ2n) is 5.25. The molecule has 0 bridgehead atoms. The van der Waals surface area contributed by atoms with E-state index in [2.05, 4.69) is 0 Å². The summed E-state index contributed by atoms with van der Waals surface area (Å²) in [5.41, 5.74) is 0.189. The molecule has 0 unspecified atom stereocenters. The largest absolute Gasteiger partial charge is 0.444 e. The Kier molecular flexibility index (Phi) is 5.30. The minimum atomic E-state index is -0.590. The lowest BCUT2D eigenvalue weighted by molar-refractivity contribution is 0.0201. The van der Waals surface area contributed by atoms with Crippen LogP contribution in [0.3, 0.4) is 0 Å². The first-order chi connectivity index (χ1) is 8.81. The molecule has 0 spiro atoms.